The topological polar surface area (TPSA) is 110 Å². The van der Waals surface area contributed by atoms with Crippen LogP contribution in [0.15, 0.2) is 170 Å². The van der Waals surface area contributed by atoms with Crippen LogP contribution in [0.4, 0.5) is 0 Å². The molecule has 0 amide bonds. The number of unbranched alkanes of at least 4 members (excludes halogenated alkanes) is 1. The first-order valence-corrected chi connectivity index (χ1v) is 17.8. The van der Waals surface area contributed by atoms with Gasteiger partial charge < -0.3 is 4.74 Å². The fourth-order valence-electron chi connectivity index (χ4n) is 5.62. The number of allylic oxidation sites excluding steroid dienone is 3. The minimum Gasteiger partial charge on any atom is -0.455 e. The smallest absolute Gasteiger partial charge is 0.146 e. The summed E-state index contributed by atoms with van der Waals surface area (Å²) in [5.41, 5.74) is 9.83. The van der Waals surface area contributed by atoms with Crippen LogP contribution in [0.25, 0.3) is 45.3 Å². The van der Waals surface area contributed by atoms with Crippen LogP contribution in [0, 0.1) is 11.3 Å². The SMILES string of the molecule is CCCCc1ccnc(-c2cc(/C(C#N)=C3/C=C(C)c4ccccc4O3)ccn2)c1.[Ru].c1ccc(-c2ccccn2)nc1.c1ccc(-c2ccccn2)nc1. The van der Waals surface area contributed by atoms with Crippen LogP contribution in [0.5, 0.6) is 5.75 Å². The third-order valence-corrected chi connectivity index (χ3v) is 8.38. The Morgan fingerprint density at radius 1 is 0.582 bits per heavy atom. The molecule has 6 aromatic heterocycles. The van der Waals surface area contributed by atoms with E-state index in [1.807, 2.05) is 134 Å². The first kappa shape index (κ1) is 39.7. The molecule has 55 heavy (non-hydrogen) atoms. The van der Waals surface area contributed by atoms with Gasteiger partial charge in [0.25, 0.3) is 0 Å². The minimum absolute atomic E-state index is 0. The molecule has 1 aliphatic heterocycles. The quantitative estimate of drug-likeness (QED) is 0.116. The first-order valence-electron chi connectivity index (χ1n) is 17.8. The molecule has 0 saturated heterocycles. The molecule has 7 aromatic rings. The van der Waals surface area contributed by atoms with Gasteiger partial charge in [-0.25, -0.2) is 0 Å². The van der Waals surface area contributed by atoms with Crippen LogP contribution in [-0.4, -0.2) is 29.9 Å². The van der Waals surface area contributed by atoms with Crippen molar-refractivity contribution < 1.29 is 24.2 Å². The number of benzene rings is 1. The van der Waals surface area contributed by atoms with Crippen LogP contribution in [0.1, 0.15) is 43.4 Å². The van der Waals surface area contributed by atoms with Crippen LogP contribution < -0.4 is 4.74 Å². The Morgan fingerprint density at radius 3 is 1.58 bits per heavy atom. The normalized spacial score (nSPS) is 12.0. The van der Waals surface area contributed by atoms with Gasteiger partial charge in [0.2, 0.25) is 0 Å². The van der Waals surface area contributed by atoms with Gasteiger partial charge >= 0.3 is 0 Å². The van der Waals surface area contributed by atoms with E-state index in [1.165, 1.54) is 5.56 Å². The van der Waals surface area contributed by atoms with Crippen molar-refractivity contribution >= 4 is 11.1 Å². The van der Waals surface area contributed by atoms with Crippen molar-refractivity contribution in [3.05, 3.63) is 187 Å². The molecule has 0 aliphatic carbocycles. The van der Waals surface area contributed by atoms with Crippen LogP contribution in [-0.2, 0) is 25.9 Å². The monoisotopic (exact) mass is 807 g/mol. The molecule has 7 heterocycles. The number of fused-ring (bicyclic) bond motifs is 1. The van der Waals surface area contributed by atoms with Crippen molar-refractivity contribution in [2.45, 2.75) is 33.1 Å². The average molecular weight is 807 g/mol. The zero-order valence-corrected chi connectivity index (χ0v) is 32.3. The Hall–Kier alpha value is -6.49. The third kappa shape index (κ3) is 11.0. The molecule has 8 nitrogen and oxygen atoms in total. The predicted octanol–water partition coefficient (Wildman–Crippen LogP) is 10.5. The number of pyridine rings is 6. The van der Waals surface area contributed by atoms with Crippen molar-refractivity contribution in [2.24, 2.45) is 0 Å². The van der Waals surface area contributed by atoms with Crippen LogP contribution >= 0.6 is 0 Å². The van der Waals surface area contributed by atoms with Gasteiger partial charge in [-0.3, -0.25) is 29.9 Å². The zero-order valence-electron chi connectivity index (χ0n) is 30.6. The number of nitriles is 1. The van der Waals surface area contributed by atoms with Gasteiger partial charge in [-0.05, 0) is 121 Å². The van der Waals surface area contributed by atoms with Gasteiger partial charge in [0, 0.05) is 62.2 Å². The summed E-state index contributed by atoms with van der Waals surface area (Å²) in [7, 11) is 0. The van der Waals surface area contributed by atoms with Gasteiger partial charge in [-0.1, -0.05) is 55.8 Å². The summed E-state index contributed by atoms with van der Waals surface area (Å²) < 4.78 is 6.06. The molecule has 1 aliphatic rings. The van der Waals surface area contributed by atoms with E-state index in [1.54, 1.807) is 31.0 Å². The molecule has 0 bridgehead atoms. The molecule has 0 spiro atoms. The van der Waals surface area contributed by atoms with Crippen molar-refractivity contribution in [1.82, 2.24) is 29.9 Å². The summed E-state index contributed by atoms with van der Waals surface area (Å²) >= 11 is 0. The summed E-state index contributed by atoms with van der Waals surface area (Å²) in [4.78, 5) is 25.7. The number of hydrogen-bond acceptors (Lipinski definition) is 8. The second-order valence-corrected chi connectivity index (χ2v) is 12.2. The van der Waals surface area contributed by atoms with E-state index in [-0.39, 0.29) is 19.5 Å². The van der Waals surface area contributed by atoms with Gasteiger partial charge in [0.15, 0.2) is 0 Å². The largest absolute Gasteiger partial charge is 0.455 e. The minimum atomic E-state index is 0. The van der Waals surface area contributed by atoms with E-state index in [4.69, 9.17) is 4.74 Å². The van der Waals surface area contributed by atoms with E-state index >= 15 is 0 Å². The fraction of sp³-hybridized carbons (Fsp3) is 0.109. The molecule has 0 unspecified atom stereocenters. The zero-order chi connectivity index (χ0) is 37.4. The number of hydrogen-bond donors (Lipinski definition) is 0. The number of ether oxygens (including phenoxy) is 1. The molecule has 8 rings (SSSR count). The third-order valence-electron chi connectivity index (χ3n) is 8.38. The Bertz CT molecular complexity index is 2210. The average Bonchev–Trinajstić information content (AvgIpc) is 3.25. The Labute approximate surface area is 335 Å². The van der Waals surface area contributed by atoms with Crippen molar-refractivity contribution in [3.8, 4) is 46.0 Å². The second kappa shape index (κ2) is 20.7. The molecule has 0 N–H and O–H groups in total. The van der Waals surface area contributed by atoms with Crippen LogP contribution in [0.3, 0.4) is 0 Å². The molecular weight excluding hydrogens is 768 g/mol. The van der Waals surface area contributed by atoms with Crippen molar-refractivity contribution in [2.75, 3.05) is 0 Å². The summed E-state index contributed by atoms with van der Waals surface area (Å²) in [5.74, 6) is 1.32. The van der Waals surface area contributed by atoms with Gasteiger partial charge in [0.05, 0.1) is 34.2 Å². The number of aromatic nitrogens is 6. The van der Waals surface area contributed by atoms with Gasteiger partial charge in [-0.2, -0.15) is 5.26 Å². The summed E-state index contributed by atoms with van der Waals surface area (Å²) in [6.45, 7) is 4.21. The summed E-state index contributed by atoms with van der Waals surface area (Å²) in [5, 5.41) is 9.92. The molecular formula is C46H39N7ORu. The Kier molecular flexibility index (Phi) is 14.9. The van der Waals surface area contributed by atoms with E-state index < -0.39 is 0 Å². The van der Waals surface area contributed by atoms with Crippen molar-refractivity contribution in [3.63, 3.8) is 0 Å². The molecule has 9 heteroatoms. The first-order chi connectivity index (χ1) is 26.6. The summed E-state index contributed by atoms with van der Waals surface area (Å²) in [6.07, 6.45) is 15.9. The molecule has 272 valence electrons. The molecule has 1 aromatic carbocycles. The predicted molar refractivity (Wildman–Crippen MR) is 214 cm³/mol. The summed E-state index contributed by atoms with van der Waals surface area (Å²) in [6, 6.07) is 41.2. The van der Waals surface area contributed by atoms with Crippen molar-refractivity contribution in [1.29, 1.82) is 5.26 Å². The van der Waals surface area contributed by atoms with E-state index in [0.29, 0.717) is 11.3 Å². The number of rotatable bonds is 7. The number of aryl methyl sites for hydroxylation is 1. The van der Waals surface area contributed by atoms with E-state index in [0.717, 1.165) is 75.9 Å². The van der Waals surface area contributed by atoms with Gasteiger partial charge in [0.1, 0.15) is 23.2 Å². The maximum absolute atomic E-state index is 9.92. The molecule has 0 saturated carbocycles. The van der Waals surface area contributed by atoms with Crippen LogP contribution in [0.2, 0.25) is 0 Å². The number of para-hydroxylation sites is 1. The van der Waals surface area contributed by atoms with Gasteiger partial charge in [-0.15, -0.1) is 0 Å². The van der Waals surface area contributed by atoms with E-state index in [9.17, 15) is 5.26 Å². The molecule has 0 atom stereocenters. The maximum Gasteiger partial charge on any atom is 0.146 e. The Balaban J connectivity index is 0.000000189. The molecule has 0 fully saturated rings. The maximum atomic E-state index is 9.92. The standard InChI is InChI=1S/C26H23N3O.2C10H8N2.Ru/c1-3-4-7-19-10-12-28-23(15-19)24-16-20(11-13-29-24)22(17-27)26-14-18(2)21-8-5-6-9-25(21)30-26;2*1-3-7-11-9(5-1)10-6-2-4-8-12-10;/h5-6,8-16H,3-4,7H2,1-2H3;2*1-8H;/b26-22-;;;. The Morgan fingerprint density at radius 2 is 1.07 bits per heavy atom. The molecule has 0 radical (unpaired) electrons. The second-order valence-electron chi connectivity index (χ2n) is 12.2. The number of nitrogens with zero attached hydrogens (tertiary/aromatic N) is 7. The fourth-order valence-corrected chi connectivity index (χ4v) is 5.62. The van der Waals surface area contributed by atoms with E-state index in [2.05, 4.69) is 49.0 Å².